The molecule has 1 aromatic heterocycles. The molecule has 1 N–H and O–H groups in total. The highest BCUT2D eigenvalue weighted by atomic mass is 127. The Hall–Kier alpha value is -0.760. The number of aryl methyl sites for hydroxylation is 1. The van der Waals surface area contributed by atoms with Crippen LogP contribution in [0.3, 0.4) is 0 Å². The zero-order valence-electron chi connectivity index (χ0n) is 15.3. The van der Waals surface area contributed by atoms with Crippen LogP contribution in [0.2, 0.25) is 0 Å². The molecule has 1 saturated carbocycles. The van der Waals surface area contributed by atoms with Crippen molar-refractivity contribution in [3.63, 3.8) is 0 Å². The van der Waals surface area contributed by atoms with Gasteiger partial charge in [0.15, 0.2) is 5.96 Å². The third-order valence-corrected chi connectivity index (χ3v) is 4.37. The van der Waals surface area contributed by atoms with E-state index in [2.05, 4.69) is 54.1 Å². The Kier molecular flexibility index (Phi) is 10.4. The Morgan fingerprint density at radius 3 is 2.79 bits per heavy atom. The lowest BCUT2D eigenvalue weighted by Crippen LogP contribution is -2.39. The molecule has 2 rings (SSSR count). The van der Waals surface area contributed by atoms with E-state index in [1.165, 1.54) is 31.4 Å². The van der Waals surface area contributed by atoms with E-state index in [4.69, 9.17) is 9.73 Å². The highest BCUT2D eigenvalue weighted by Gasteiger charge is 2.14. The standard InChI is InChI=1S/C18H32N4O.HI/c1-4-19-18(22(3)15-16-9-7-13-21(16)2)20-12-8-14-23-17-10-5-6-11-17;/h7,9,13,17H,4-6,8,10-12,14-15H2,1-3H3,(H,19,20);1H. The van der Waals surface area contributed by atoms with Crippen LogP contribution in [0.4, 0.5) is 0 Å². The van der Waals surface area contributed by atoms with Gasteiger partial charge in [0.2, 0.25) is 0 Å². The highest BCUT2D eigenvalue weighted by Crippen LogP contribution is 2.20. The minimum atomic E-state index is 0. The van der Waals surface area contributed by atoms with E-state index in [9.17, 15) is 0 Å². The second-order valence-electron chi connectivity index (χ2n) is 6.33. The zero-order valence-corrected chi connectivity index (χ0v) is 17.7. The van der Waals surface area contributed by atoms with E-state index in [-0.39, 0.29) is 24.0 Å². The molecule has 1 aliphatic rings. The SMILES string of the molecule is CCNC(=NCCCOC1CCCC1)N(C)Cc1cccn1C.I. The van der Waals surface area contributed by atoms with Crippen molar-refractivity contribution in [2.45, 2.75) is 51.7 Å². The van der Waals surface area contributed by atoms with Crippen LogP contribution < -0.4 is 5.32 Å². The summed E-state index contributed by atoms with van der Waals surface area (Å²) in [4.78, 5) is 6.91. The van der Waals surface area contributed by atoms with Crippen LogP contribution in [0.25, 0.3) is 0 Å². The molecule has 1 aromatic rings. The number of ether oxygens (including phenoxy) is 1. The Balaban J connectivity index is 0.00000288. The first-order valence-electron chi connectivity index (χ1n) is 8.92. The number of halogens is 1. The van der Waals surface area contributed by atoms with E-state index in [0.29, 0.717) is 6.10 Å². The van der Waals surface area contributed by atoms with Gasteiger partial charge in [-0.15, -0.1) is 24.0 Å². The number of hydrogen-bond donors (Lipinski definition) is 1. The maximum absolute atomic E-state index is 5.90. The highest BCUT2D eigenvalue weighted by molar-refractivity contribution is 14.0. The molecular weight excluding hydrogens is 415 g/mol. The van der Waals surface area contributed by atoms with Crippen LogP contribution in [-0.2, 0) is 18.3 Å². The molecule has 6 heteroatoms. The normalized spacial score (nSPS) is 15.4. The number of nitrogens with one attached hydrogen (secondary N) is 1. The number of hydrogen-bond acceptors (Lipinski definition) is 2. The molecule has 0 saturated heterocycles. The van der Waals surface area contributed by atoms with E-state index in [1.807, 2.05) is 0 Å². The largest absolute Gasteiger partial charge is 0.378 e. The molecule has 0 atom stereocenters. The summed E-state index contributed by atoms with van der Waals surface area (Å²) < 4.78 is 8.05. The molecule has 0 spiro atoms. The fourth-order valence-corrected chi connectivity index (χ4v) is 3.00. The van der Waals surface area contributed by atoms with Crippen molar-refractivity contribution >= 4 is 29.9 Å². The summed E-state index contributed by atoms with van der Waals surface area (Å²) in [6.45, 7) is 5.49. The van der Waals surface area contributed by atoms with Gasteiger partial charge in [-0.25, -0.2) is 0 Å². The minimum Gasteiger partial charge on any atom is -0.378 e. The molecule has 0 amide bonds. The first-order chi connectivity index (χ1) is 11.2. The van der Waals surface area contributed by atoms with Gasteiger partial charge in [-0.3, -0.25) is 4.99 Å². The van der Waals surface area contributed by atoms with Crippen molar-refractivity contribution in [1.29, 1.82) is 0 Å². The topological polar surface area (TPSA) is 41.8 Å². The first kappa shape index (κ1) is 21.3. The van der Waals surface area contributed by atoms with Crippen molar-refractivity contribution in [3.8, 4) is 0 Å². The van der Waals surface area contributed by atoms with Crippen molar-refractivity contribution in [2.24, 2.45) is 12.0 Å². The van der Waals surface area contributed by atoms with E-state index in [1.54, 1.807) is 0 Å². The summed E-state index contributed by atoms with van der Waals surface area (Å²) in [6, 6.07) is 4.23. The summed E-state index contributed by atoms with van der Waals surface area (Å²) >= 11 is 0. The van der Waals surface area contributed by atoms with Crippen LogP contribution in [0.1, 0.15) is 44.7 Å². The first-order valence-corrected chi connectivity index (χ1v) is 8.92. The van der Waals surface area contributed by atoms with Crippen LogP contribution in [0.5, 0.6) is 0 Å². The molecule has 1 fully saturated rings. The minimum absolute atomic E-state index is 0. The second kappa shape index (κ2) is 11.7. The maximum Gasteiger partial charge on any atom is 0.194 e. The van der Waals surface area contributed by atoms with Gasteiger partial charge in [0.1, 0.15) is 0 Å². The predicted molar refractivity (Wildman–Crippen MR) is 111 cm³/mol. The number of nitrogens with zero attached hydrogens (tertiary/aromatic N) is 3. The Morgan fingerprint density at radius 2 is 2.17 bits per heavy atom. The molecule has 1 aliphatic carbocycles. The van der Waals surface area contributed by atoms with Crippen LogP contribution >= 0.6 is 24.0 Å². The summed E-state index contributed by atoms with van der Waals surface area (Å²) in [5.74, 6) is 0.967. The molecule has 24 heavy (non-hydrogen) atoms. The fraction of sp³-hybridized carbons (Fsp3) is 0.722. The molecule has 1 heterocycles. The number of aliphatic imine (C=N–C) groups is 1. The van der Waals surface area contributed by atoms with E-state index in [0.717, 1.165) is 38.6 Å². The van der Waals surface area contributed by atoms with Crippen molar-refractivity contribution in [3.05, 3.63) is 24.0 Å². The van der Waals surface area contributed by atoms with Crippen LogP contribution in [0, 0.1) is 0 Å². The van der Waals surface area contributed by atoms with Crippen LogP contribution in [-0.4, -0.2) is 48.3 Å². The van der Waals surface area contributed by atoms with Gasteiger partial charge in [0.25, 0.3) is 0 Å². The van der Waals surface area contributed by atoms with Gasteiger partial charge in [-0.2, -0.15) is 0 Å². The number of rotatable bonds is 8. The van der Waals surface area contributed by atoms with Crippen molar-refractivity contribution in [1.82, 2.24) is 14.8 Å². The second-order valence-corrected chi connectivity index (χ2v) is 6.33. The molecule has 138 valence electrons. The van der Waals surface area contributed by atoms with E-state index >= 15 is 0 Å². The number of guanidine groups is 1. The summed E-state index contributed by atoms with van der Waals surface area (Å²) in [6.07, 6.45) is 8.72. The lowest BCUT2D eigenvalue weighted by molar-refractivity contribution is 0.0579. The fourth-order valence-electron chi connectivity index (χ4n) is 3.00. The summed E-state index contributed by atoms with van der Waals surface area (Å²) in [5, 5.41) is 3.37. The smallest absolute Gasteiger partial charge is 0.194 e. The van der Waals surface area contributed by atoms with Gasteiger partial charge in [-0.1, -0.05) is 12.8 Å². The summed E-state index contributed by atoms with van der Waals surface area (Å²) in [5.41, 5.74) is 1.28. The zero-order chi connectivity index (χ0) is 16.5. The maximum atomic E-state index is 5.90. The van der Waals surface area contributed by atoms with Gasteiger partial charge in [0, 0.05) is 45.7 Å². The van der Waals surface area contributed by atoms with Gasteiger partial charge in [0.05, 0.1) is 12.6 Å². The van der Waals surface area contributed by atoms with Gasteiger partial charge < -0.3 is 19.5 Å². The molecule has 5 nitrogen and oxygen atoms in total. The predicted octanol–water partition coefficient (Wildman–Crippen LogP) is 3.39. The third kappa shape index (κ3) is 7.01. The van der Waals surface area contributed by atoms with E-state index < -0.39 is 0 Å². The van der Waals surface area contributed by atoms with Crippen molar-refractivity contribution in [2.75, 3.05) is 26.7 Å². The lowest BCUT2D eigenvalue weighted by Gasteiger charge is -2.22. The molecular formula is C18H33IN4O. The van der Waals surface area contributed by atoms with Gasteiger partial charge >= 0.3 is 0 Å². The molecule has 0 bridgehead atoms. The third-order valence-electron chi connectivity index (χ3n) is 4.37. The lowest BCUT2D eigenvalue weighted by atomic mass is 10.3. The monoisotopic (exact) mass is 448 g/mol. The summed E-state index contributed by atoms with van der Waals surface area (Å²) in [7, 11) is 4.16. The van der Waals surface area contributed by atoms with Crippen LogP contribution in [0.15, 0.2) is 23.3 Å². The molecule has 0 aromatic carbocycles. The molecule has 0 aliphatic heterocycles. The quantitative estimate of drug-likeness (QED) is 0.287. The van der Waals surface area contributed by atoms with Gasteiger partial charge in [-0.05, 0) is 38.3 Å². The molecule has 0 radical (unpaired) electrons. The Morgan fingerprint density at radius 1 is 1.42 bits per heavy atom. The average Bonchev–Trinajstić information content (AvgIpc) is 3.18. The molecule has 0 unspecified atom stereocenters. The number of aromatic nitrogens is 1. The Bertz CT molecular complexity index is 483. The van der Waals surface area contributed by atoms with Crippen molar-refractivity contribution < 1.29 is 4.74 Å². The average molecular weight is 448 g/mol. The Labute approximate surface area is 163 Å².